The Bertz CT molecular complexity index is 1530. The van der Waals surface area contributed by atoms with Crippen molar-refractivity contribution >= 4 is 35.8 Å². The Morgan fingerprint density at radius 1 is 1.02 bits per heavy atom. The lowest BCUT2D eigenvalue weighted by Crippen LogP contribution is -2.50. The minimum absolute atomic E-state index is 0.0521. The van der Waals surface area contributed by atoms with Crippen LogP contribution in [0.1, 0.15) is 26.6 Å². The van der Waals surface area contributed by atoms with Gasteiger partial charge in [0.25, 0.3) is 0 Å². The molecule has 1 atom stereocenters. The fourth-order valence-electron chi connectivity index (χ4n) is 3.69. The number of alkyl halides is 3. The van der Waals surface area contributed by atoms with Crippen LogP contribution < -0.4 is 5.69 Å². The molecule has 0 bridgehead atoms. The summed E-state index contributed by atoms with van der Waals surface area (Å²) in [5.41, 5.74) is 0.423. The van der Waals surface area contributed by atoms with Crippen LogP contribution in [0.3, 0.4) is 0 Å². The van der Waals surface area contributed by atoms with Crippen molar-refractivity contribution in [3.8, 4) is 17.1 Å². The van der Waals surface area contributed by atoms with Gasteiger partial charge in [-0.1, -0.05) is 50.6 Å². The quantitative estimate of drug-likeness (QED) is 0.197. The van der Waals surface area contributed by atoms with Gasteiger partial charge in [0.15, 0.2) is 30.8 Å². The van der Waals surface area contributed by atoms with Crippen molar-refractivity contribution in [2.24, 2.45) is 0 Å². The van der Waals surface area contributed by atoms with Gasteiger partial charge in [-0.3, -0.25) is 4.57 Å². The smallest absolute Gasteiger partial charge is 0.404 e. The van der Waals surface area contributed by atoms with Crippen LogP contribution in [0.15, 0.2) is 64.1 Å². The summed E-state index contributed by atoms with van der Waals surface area (Å²) in [5.74, 6) is 0.298. The maximum atomic E-state index is 14.3. The first-order valence-electron chi connectivity index (χ1n) is 12.4. The summed E-state index contributed by atoms with van der Waals surface area (Å²) in [5, 5.41) is 8.82. The number of hydrogen-bond acceptors (Lipinski definition) is 5. The van der Waals surface area contributed by atoms with Crippen LogP contribution in [0, 0.1) is 0 Å². The molecule has 0 saturated carbocycles. The predicted molar refractivity (Wildman–Crippen MR) is 153 cm³/mol. The third-order valence-corrected chi connectivity index (χ3v) is 12.1. The van der Waals surface area contributed by atoms with Crippen LogP contribution in [-0.2, 0) is 17.5 Å². The highest BCUT2D eigenvalue weighted by Gasteiger charge is 2.48. The molecule has 0 spiro atoms. The van der Waals surface area contributed by atoms with Gasteiger partial charge in [0.1, 0.15) is 6.54 Å². The molecular formula is C26H29BrClF3N6O2Si. The van der Waals surface area contributed by atoms with Crippen molar-refractivity contribution in [3.63, 3.8) is 0 Å². The Hall–Kier alpha value is -2.74. The lowest BCUT2D eigenvalue weighted by atomic mass is 10.2. The maximum absolute atomic E-state index is 14.3. The van der Waals surface area contributed by atoms with Gasteiger partial charge >= 0.3 is 11.9 Å². The van der Waals surface area contributed by atoms with E-state index < -0.39 is 37.9 Å². The zero-order valence-electron chi connectivity index (χ0n) is 22.6. The van der Waals surface area contributed by atoms with Gasteiger partial charge in [0.2, 0.25) is 0 Å². The molecule has 0 aliphatic heterocycles. The molecule has 2 aromatic heterocycles. The molecule has 0 saturated heterocycles. The van der Waals surface area contributed by atoms with Crippen LogP contribution in [0.4, 0.5) is 13.2 Å². The standard InChI is InChI=1S/C26H29BrClF3N6O2Si/c1-25(2,3)40(4,5)39-20(26(29,30)31)15-35-22(17-11-13-18(28)14-12-17)34-36(24(35)38)16-21-32-23(27)37(33-21)19-9-7-6-8-10-19/h6-14,20H,15-16H2,1-5H3. The number of para-hydroxylation sites is 1. The molecule has 1 unspecified atom stereocenters. The van der Waals surface area contributed by atoms with Crippen LogP contribution >= 0.6 is 27.5 Å². The van der Waals surface area contributed by atoms with Gasteiger partial charge in [-0.25, -0.2) is 19.1 Å². The first-order chi connectivity index (χ1) is 18.6. The molecule has 0 radical (unpaired) electrons. The summed E-state index contributed by atoms with van der Waals surface area (Å²) in [6.45, 7) is 8.13. The lowest BCUT2D eigenvalue weighted by Gasteiger charge is -2.39. The second kappa shape index (κ2) is 11.3. The molecule has 0 fully saturated rings. The third kappa shape index (κ3) is 6.59. The van der Waals surface area contributed by atoms with Gasteiger partial charge in [-0.05, 0) is 70.5 Å². The summed E-state index contributed by atoms with van der Waals surface area (Å²) in [4.78, 5) is 17.9. The highest BCUT2D eigenvalue weighted by atomic mass is 79.9. The zero-order valence-corrected chi connectivity index (χ0v) is 25.9. The molecule has 0 aliphatic rings. The molecular weight excluding hydrogens is 629 g/mol. The minimum Gasteiger partial charge on any atom is -0.404 e. The van der Waals surface area contributed by atoms with Gasteiger partial charge in [0.05, 0.1) is 12.2 Å². The highest BCUT2D eigenvalue weighted by Crippen LogP contribution is 2.40. The number of aromatic nitrogens is 6. The fraction of sp³-hybridized carbons (Fsp3) is 0.385. The zero-order chi connectivity index (χ0) is 29.5. The fourth-order valence-corrected chi connectivity index (χ4v) is 5.58. The van der Waals surface area contributed by atoms with E-state index in [0.717, 1.165) is 14.9 Å². The van der Waals surface area contributed by atoms with Gasteiger partial charge in [-0.2, -0.15) is 13.2 Å². The van der Waals surface area contributed by atoms with Crippen LogP contribution in [0.2, 0.25) is 23.2 Å². The average molecular weight is 658 g/mol. The van der Waals surface area contributed by atoms with E-state index in [1.807, 2.05) is 51.1 Å². The van der Waals surface area contributed by atoms with Crippen molar-refractivity contribution in [2.75, 3.05) is 0 Å². The number of halogens is 5. The number of benzene rings is 2. The summed E-state index contributed by atoms with van der Waals surface area (Å²) >= 11 is 9.40. The predicted octanol–water partition coefficient (Wildman–Crippen LogP) is 6.71. The Balaban J connectivity index is 1.76. The van der Waals surface area contributed by atoms with Crippen LogP contribution in [-0.4, -0.2) is 49.7 Å². The van der Waals surface area contributed by atoms with Crippen molar-refractivity contribution in [3.05, 3.63) is 80.7 Å². The van der Waals surface area contributed by atoms with Gasteiger partial charge in [0, 0.05) is 10.6 Å². The topological polar surface area (TPSA) is 79.8 Å². The molecule has 2 aromatic carbocycles. The normalized spacial score (nSPS) is 13.6. The van der Waals surface area contributed by atoms with E-state index in [1.165, 1.54) is 0 Å². The first kappa shape index (κ1) is 30.2. The van der Waals surface area contributed by atoms with Crippen molar-refractivity contribution in [2.45, 2.75) is 64.3 Å². The molecule has 214 valence electrons. The number of rotatable bonds is 8. The Labute approximate surface area is 244 Å². The van der Waals surface area contributed by atoms with E-state index in [1.54, 1.807) is 42.0 Å². The molecule has 8 nitrogen and oxygen atoms in total. The summed E-state index contributed by atoms with van der Waals surface area (Å²) in [7, 11) is -2.85. The van der Waals surface area contributed by atoms with E-state index in [9.17, 15) is 18.0 Å². The molecule has 4 aromatic rings. The molecule has 0 N–H and O–H groups in total. The van der Waals surface area contributed by atoms with E-state index in [0.29, 0.717) is 15.3 Å². The molecule has 0 amide bonds. The molecule has 14 heteroatoms. The molecule has 0 aliphatic carbocycles. The largest absolute Gasteiger partial charge is 0.415 e. The number of hydrogen-bond donors (Lipinski definition) is 0. The van der Waals surface area contributed by atoms with E-state index in [-0.39, 0.29) is 18.2 Å². The van der Waals surface area contributed by atoms with Crippen molar-refractivity contribution in [1.29, 1.82) is 0 Å². The average Bonchev–Trinajstić information content (AvgIpc) is 3.38. The lowest BCUT2D eigenvalue weighted by molar-refractivity contribution is -0.202. The van der Waals surface area contributed by atoms with E-state index in [4.69, 9.17) is 16.0 Å². The van der Waals surface area contributed by atoms with Crippen LogP contribution in [0.5, 0.6) is 0 Å². The maximum Gasteiger partial charge on any atom is 0.415 e. The second-order valence-electron chi connectivity index (χ2n) is 10.8. The Morgan fingerprint density at radius 3 is 2.23 bits per heavy atom. The van der Waals surface area contributed by atoms with Crippen molar-refractivity contribution < 1.29 is 17.6 Å². The van der Waals surface area contributed by atoms with Crippen molar-refractivity contribution in [1.82, 2.24) is 29.1 Å². The SMILES string of the molecule is CC(C)(C)[Si](C)(C)OC(Cn1c(-c2ccc(Cl)cc2)nn(Cc2nc(Br)n(-c3ccccc3)n2)c1=O)C(F)(F)F. The minimum atomic E-state index is -4.71. The van der Waals surface area contributed by atoms with E-state index >= 15 is 0 Å². The summed E-state index contributed by atoms with van der Waals surface area (Å²) in [6, 6.07) is 15.6. The van der Waals surface area contributed by atoms with Gasteiger partial charge < -0.3 is 4.43 Å². The first-order valence-corrected chi connectivity index (χ1v) is 16.5. The Morgan fingerprint density at radius 2 is 1.65 bits per heavy atom. The molecule has 2 heterocycles. The summed E-state index contributed by atoms with van der Waals surface area (Å²) < 4.78 is 52.7. The second-order valence-corrected chi connectivity index (χ2v) is 16.7. The van der Waals surface area contributed by atoms with Gasteiger partial charge in [-0.15, -0.1) is 10.2 Å². The molecule has 40 heavy (non-hydrogen) atoms. The monoisotopic (exact) mass is 656 g/mol. The summed E-state index contributed by atoms with van der Waals surface area (Å²) in [6.07, 6.45) is -6.92. The Kier molecular flexibility index (Phi) is 8.51. The highest BCUT2D eigenvalue weighted by molar-refractivity contribution is 9.10. The third-order valence-electron chi connectivity index (χ3n) is 6.89. The van der Waals surface area contributed by atoms with E-state index in [2.05, 4.69) is 31.1 Å². The molecule has 4 rings (SSSR count). The van der Waals surface area contributed by atoms with Crippen LogP contribution in [0.25, 0.3) is 17.1 Å². The number of nitrogens with zero attached hydrogens (tertiary/aromatic N) is 6.